The van der Waals surface area contributed by atoms with Crippen LogP contribution in [0, 0.1) is 0 Å². The van der Waals surface area contributed by atoms with Crippen molar-refractivity contribution in [3.8, 4) is 11.5 Å². The Balaban J connectivity index is 1.42. The molecule has 2 amide bonds. The van der Waals surface area contributed by atoms with E-state index >= 15 is 0 Å². The molecule has 3 rings (SSSR count). The molecule has 0 fully saturated rings. The molecule has 0 atom stereocenters. The molecule has 0 unspecified atom stereocenters. The van der Waals surface area contributed by atoms with Crippen molar-refractivity contribution >= 4 is 23.2 Å². The minimum absolute atomic E-state index is 0.0840. The summed E-state index contributed by atoms with van der Waals surface area (Å²) in [5.41, 5.74) is 1.22. The molecule has 3 aromatic carbocycles. The van der Waals surface area contributed by atoms with Crippen molar-refractivity contribution in [1.29, 1.82) is 0 Å². The number of hydrogen-bond acceptors (Lipinski definition) is 4. The fourth-order valence-electron chi connectivity index (χ4n) is 2.36. The van der Waals surface area contributed by atoms with E-state index in [1.165, 1.54) is 0 Å². The first kappa shape index (κ1) is 19.0. The van der Waals surface area contributed by atoms with Gasteiger partial charge in [0.05, 0.1) is 0 Å². The maximum Gasteiger partial charge on any atom is 0.262 e. The maximum atomic E-state index is 11.9. The van der Waals surface area contributed by atoms with Crippen LogP contribution in [0.4, 0.5) is 11.4 Å². The molecular weight excluding hydrogens is 356 g/mol. The SMILES string of the molecule is O=C(COc1ccccc1)Nc1ccc(NC(=O)COc2ccccc2)cc1. The van der Waals surface area contributed by atoms with Crippen LogP contribution < -0.4 is 20.1 Å². The lowest BCUT2D eigenvalue weighted by Gasteiger charge is -2.09. The Labute approximate surface area is 163 Å². The largest absolute Gasteiger partial charge is 0.484 e. The van der Waals surface area contributed by atoms with E-state index in [1.807, 2.05) is 36.4 Å². The molecule has 142 valence electrons. The molecular formula is C22H20N2O4. The summed E-state index contributed by atoms with van der Waals surface area (Å²) in [5.74, 6) is 0.732. The summed E-state index contributed by atoms with van der Waals surface area (Å²) in [4.78, 5) is 23.9. The second kappa shape index (κ2) is 9.78. The van der Waals surface area contributed by atoms with Gasteiger partial charge in [0.1, 0.15) is 11.5 Å². The van der Waals surface area contributed by atoms with E-state index in [-0.39, 0.29) is 25.0 Å². The average Bonchev–Trinajstić information content (AvgIpc) is 2.74. The molecule has 0 bridgehead atoms. The van der Waals surface area contributed by atoms with Crippen molar-refractivity contribution in [2.75, 3.05) is 23.8 Å². The van der Waals surface area contributed by atoms with E-state index in [9.17, 15) is 9.59 Å². The normalized spacial score (nSPS) is 10.0. The molecule has 0 aliphatic heterocycles. The van der Waals surface area contributed by atoms with Crippen molar-refractivity contribution in [2.45, 2.75) is 0 Å². The minimum Gasteiger partial charge on any atom is -0.484 e. The summed E-state index contributed by atoms with van der Waals surface area (Å²) < 4.78 is 10.8. The summed E-state index contributed by atoms with van der Waals surface area (Å²) >= 11 is 0. The zero-order chi connectivity index (χ0) is 19.6. The van der Waals surface area contributed by atoms with Gasteiger partial charge in [-0.25, -0.2) is 0 Å². The Bertz CT molecular complexity index is 820. The number of amides is 2. The number of para-hydroxylation sites is 2. The van der Waals surface area contributed by atoms with Gasteiger partial charge in [-0.1, -0.05) is 36.4 Å². The van der Waals surface area contributed by atoms with Crippen LogP contribution in [0.15, 0.2) is 84.9 Å². The Morgan fingerprint density at radius 3 is 1.29 bits per heavy atom. The number of carbonyl (C=O) groups is 2. The van der Waals surface area contributed by atoms with Gasteiger partial charge in [0.25, 0.3) is 11.8 Å². The third kappa shape index (κ3) is 6.17. The van der Waals surface area contributed by atoms with Crippen LogP contribution in [0.25, 0.3) is 0 Å². The highest BCUT2D eigenvalue weighted by molar-refractivity contribution is 5.94. The number of benzene rings is 3. The summed E-state index contributed by atoms with van der Waals surface area (Å²) in [6.45, 7) is -0.168. The summed E-state index contributed by atoms with van der Waals surface area (Å²) in [6, 6.07) is 25.1. The van der Waals surface area contributed by atoms with Crippen molar-refractivity contribution in [2.24, 2.45) is 0 Å². The van der Waals surface area contributed by atoms with Crippen LogP contribution in [0.5, 0.6) is 11.5 Å². The molecule has 0 radical (unpaired) electrons. The minimum atomic E-state index is -0.267. The summed E-state index contributed by atoms with van der Waals surface area (Å²) in [7, 11) is 0. The fraction of sp³-hybridized carbons (Fsp3) is 0.0909. The Morgan fingerprint density at radius 2 is 0.929 bits per heavy atom. The van der Waals surface area contributed by atoms with Crippen LogP contribution in [-0.2, 0) is 9.59 Å². The number of ether oxygens (including phenoxy) is 2. The first-order valence-electron chi connectivity index (χ1n) is 8.74. The monoisotopic (exact) mass is 376 g/mol. The van der Waals surface area contributed by atoms with Crippen molar-refractivity contribution in [3.63, 3.8) is 0 Å². The van der Waals surface area contributed by atoms with Gasteiger partial charge in [0.15, 0.2) is 13.2 Å². The molecule has 0 aliphatic rings. The fourth-order valence-corrected chi connectivity index (χ4v) is 2.36. The molecule has 0 heterocycles. The van der Waals surface area contributed by atoms with Crippen molar-refractivity contribution < 1.29 is 19.1 Å². The number of anilines is 2. The van der Waals surface area contributed by atoms with E-state index in [2.05, 4.69) is 10.6 Å². The lowest BCUT2D eigenvalue weighted by molar-refractivity contribution is -0.118. The Morgan fingerprint density at radius 1 is 0.571 bits per heavy atom. The van der Waals surface area contributed by atoms with Gasteiger partial charge in [0, 0.05) is 11.4 Å². The molecule has 0 aromatic heterocycles. The number of nitrogens with one attached hydrogen (secondary N) is 2. The average molecular weight is 376 g/mol. The van der Waals surface area contributed by atoms with Gasteiger partial charge in [0.2, 0.25) is 0 Å². The van der Waals surface area contributed by atoms with E-state index in [1.54, 1.807) is 48.5 Å². The second-order valence-electron chi connectivity index (χ2n) is 5.88. The molecule has 3 aromatic rings. The smallest absolute Gasteiger partial charge is 0.262 e. The van der Waals surface area contributed by atoms with Crippen LogP contribution in [0.2, 0.25) is 0 Å². The number of rotatable bonds is 8. The zero-order valence-corrected chi connectivity index (χ0v) is 15.1. The molecule has 2 N–H and O–H groups in total. The number of carbonyl (C=O) groups excluding carboxylic acids is 2. The van der Waals surface area contributed by atoms with Crippen molar-refractivity contribution in [1.82, 2.24) is 0 Å². The predicted molar refractivity (Wildman–Crippen MR) is 108 cm³/mol. The standard InChI is InChI=1S/C22H20N2O4/c25-21(15-27-19-7-3-1-4-8-19)23-17-11-13-18(14-12-17)24-22(26)16-28-20-9-5-2-6-10-20/h1-14H,15-16H2,(H,23,25)(H,24,26). The summed E-state index contributed by atoms with van der Waals surface area (Å²) in [5, 5.41) is 5.48. The van der Waals surface area contributed by atoms with Crippen LogP contribution in [-0.4, -0.2) is 25.0 Å². The topological polar surface area (TPSA) is 76.7 Å². The third-order valence-corrected chi connectivity index (χ3v) is 3.68. The molecule has 6 nitrogen and oxygen atoms in total. The third-order valence-electron chi connectivity index (χ3n) is 3.68. The molecule has 0 saturated heterocycles. The van der Waals surface area contributed by atoms with E-state index in [0.717, 1.165) is 0 Å². The van der Waals surface area contributed by atoms with E-state index in [4.69, 9.17) is 9.47 Å². The van der Waals surface area contributed by atoms with Gasteiger partial charge in [-0.3, -0.25) is 9.59 Å². The number of hydrogen-bond donors (Lipinski definition) is 2. The second-order valence-corrected chi connectivity index (χ2v) is 5.88. The molecule has 6 heteroatoms. The van der Waals surface area contributed by atoms with Crippen LogP contribution in [0.1, 0.15) is 0 Å². The first-order valence-corrected chi connectivity index (χ1v) is 8.74. The quantitative estimate of drug-likeness (QED) is 0.628. The van der Waals surface area contributed by atoms with Gasteiger partial charge in [-0.2, -0.15) is 0 Å². The zero-order valence-electron chi connectivity index (χ0n) is 15.1. The highest BCUT2D eigenvalue weighted by Gasteiger charge is 2.06. The highest BCUT2D eigenvalue weighted by atomic mass is 16.5. The van der Waals surface area contributed by atoms with Gasteiger partial charge in [-0.15, -0.1) is 0 Å². The first-order chi connectivity index (χ1) is 13.7. The van der Waals surface area contributed by atoms with Gasteiger partial charge >= 0.3 is 0 Å². The Hall–Kier alpha value is -3.80. The molecule has 0 spiro atoms. The van der Waals surface area contributed by atoms with Gasteiger partial charge < -0.3 is 20.1 Å². The van der Waals surface area contributed by atoms with Gasteiger partial charge in [-0.05, 0) is 48.5 Å². The molecule has 0 aliphatic carbocycles. The van der Waals surface area contributed by atoms with Crippen LogP contribution >= 0.6 is 0 Å². The summed E-state index contributed by atoms with van der Waals surface area (Å²) in [6.07, 6.45) is 0. The van der Waals surface area contributed by atoms with E-state index < -0.39 is 0 Å². The molecule has 0 saturated carbocycles. The lowest BCUT2D eigenvalue weighted by atomic mass is 10.2. The predicted octanol–water partition coefficient (Wildman–Crippen LogP) is 3.72. The van der Waals surface area contributed by atoms with Crippen LogP contribution in [0.3, 0.4) is 0 Å². The maximum absolute atomic E-state index is 11.9. The lowest BCUT2D eigenvalue weighted by Crippen LogP contribution is -2.21. The van der Waals surface area contributed by atoms with E-state index in [0.29, 0.717) is 22.9 Å². The Kier molecular flexibility index (Phi) is 6.62. The van der Waals surface area contributed by atoms with Crippen molar-refractivity contribution in [3.05, 3.63) is 84.9 Å². The highest BCUT2D eigenvalue weighted by Crippen LogP contribution is 2.14. The molecule has 28 heavy (non-hydrogen) atoms.